The van der Waals surface area contributed by atoms with Gasteiger partial charge in [0.25, 0.3) is 0 Å². The summed E-state index contributed by atoms with van der Waals surface area (Å²) in [5.74, 6) is 0. The molecule has 0 amide bonds. The molecule has 1 aromatic rings. The summed E-state index contributed by atoms with van der Waals surface area (Å²) in [6.07, 6.45) is 0. The molecular formula is C9H9ClN2S2. The van der Waals surface area contributed by atoms with Crippen LogP contribution < -0.4 is 5.14 Å². The van der Waals surface area contributed by atoms with E-state index >= 15 is 0 Å². The van der Waals surface area contributed by atoms with Crippen molar-refractivity contribution in [2.45, 2.75) is 6.92 Å². The van der Waals surface area contributed by atoms with Crippen LogP contribution in [0.4, 0.5) is 0 Å². The number of halogens is 1. The van der Waals surface area contributed by atoms with Crippen molar-refractivity contribution in [3.05, 3.63) is 39.8 Å². The Morgan fingerprint density at radius 3 is 2.50 bits per heavy atom. The second-order valence-corrected chi connectivity index (χ2v) is 6.34. The molecule has 0 radical (unpaired) electrons. The van der Waals surface area contributed by atoms with E-state index in [1.54, 1.807) is 10.8 Å². The fraction of sp³-hybridized carbons (Fsp3) is 0.111. The van der Waals surface area contributed by atoms with Crippen molar-refractivity contribution in [1.29, 1.82) is 0 Å². The minimum Gasteiger partial charge on any atom is -0.259 e. The second-order valence-electron chi connectivity index (χ2n) is 2.86. The van der Waals surface area contributed by atoms with Gasteiger partial charge < -0.3 is 0 Å². The Kier molecular flexibility index (Phi) is 2.97. The molecule has 1 atom stereocenters. The monoisotopic (exact) mass is 244 g/mol. The van der Waals surface area contributed by atoms with Crippen LogP contribution in [0.3, 0.4) is 0 Å². The van der Waals surface area contributed by atoms with Crippen LogP contribution in [0, 0.1) is 0 Å². The zero-order chi connectivity index (χ0) is 10.1. The molecule has 0 aliphatic carbocycles. The first-order valence-corrected chi connectivity index (χ1v) is 6.98. The number of benzene rings is 1. The minimum atomic E-state index is -0.404. The molecule has 0 fully saturated rings. The molecule has 1 aliphatic rings. The van der Waals surface area contributed by atoms with Crippen molar-refractivity contribution in [2.24, 2.45) is 9.50 Å². The van der Waals surface area contributed by atoms with Crippen molar-refractivity contribution in [2.75, 3.05) is 0 Å². The number of allylic oxidation sites excluding steroid dienone is 1. The predicted octanol–water partition coefficient (Wildman–Crippen LogP) is 3.37. The fourth-order valence-electron chi connectivity index (χ4n) is 1.20. The Labute approximate surface area is 94.2 Å². The molecule has 2 nitrogen and oxygen atoms in total. The highest BCUT2D eigenvalue weighted by Crippen LogP contribution is 2.36. The van der Waals surface area contributed by atoms with E-state index in [0.717, 1.165) is 16.3 Å². The highest BCUT2D eigenvalue weighted by Gasteiger charge is 2.13. The van der Waals surface area contributed by atoms with Crippen LogP contribution in [-0.4, -0.2) is 0 Å². The first-order valence-electron chi connectivity index (χ1n) is 4.02. The van der Waals surface area contributed by atoms with E-state index in [0.29, 0.717) is 0 Å². The first kappa shape index (κ1) is 10.2. The van der Waals surface area contributed by atoms with Crippen LogP contribution in [-0.2, 0) is 9.91 Å². The van der Waals surface area contributed by atoms with Gasteiger partial charge in [-0.25, -0.2) is 4.36 Å². The SMILES string of the molecule is CC1=C(c2ccc(Cl)cc2)N=S(N)S1. The maximum absolute atomic E-state index is 5.81. The molecule has 1 aromatic carbocycles. The van der Waals surface area contributed by atoms with E-state index in [4.69, 9.17) is 16.7 Å². The Morgan fingerprint density at radius 2 is 2.00 bits per heavy atom. The molecule has 74 valence electrons. The quantitative estimate of drug-likeness (QED) is 0.770. The molecule has 0 aromatic heterocycles. The Morgan fingerprint density at radius 1 is 1.36 bits per heavy atom. The molecule has 0 saturated carbocycles. The zero-order valence-electron chi connectivity index (χ0n) is 7.53. The van der Waals surface area contributed by atoms with E-state index in [1.807, 2.05) is 31.2 Å². The van der Waals surface area contributed by atoms with Crippen LogP contribution in [0.15, 0.2) is 33.5 Å². The standard InChI is InChI=1S/C9H9ClN2S2/c1-6-9(12-14(11)13-6)7-2-4-8(10)5-3-7/h2-5H,1H3,(H2,11,12). The van der Waals surface area contributed by atoms with Crippen LogP contribution in [0.2, 0.25) is 5.02 Å². The lowest BCUT2D eigenvalue weighted by molar-refractivity contribution is 1.50. The van der Waals surface area contributed by atoms with Crippen LogP contribution >= 0.6 is 22.4 Å². The largest absolute Gasteiger partial charge is 0.259 e. The summed E-state index contributed by atoms with van der Waals surface area (Å²) < 4.78 is 4.37. The van der Waals surface area contributed by atoms with E-state index in [9.17, 15) is 0 Å². The molecule has 0 spiro atoms. The third-order valence-electron chi connectivity index (χ3n) is 1.84. The van der Waals surface area contributed by atoms with Crippen molar-refractivity contribution in [1.82, 2.24) is 0 Å². The van der Waals surface area contributed by atoms with E-state index in [1.165, 1.54) is 4.91 Å². The van der Waals surface area contributed by atoms with Crippen molar-refractivity contribution in [3.8, 4) is 0 Å². The predicted molar refractivity (Wildman–Crippen MR) is 65.6 cm³/mol. The van der Waals surface area contributed by atoms with Gasteiger partial charge in [0.05, 0.1) is 5.70 Å². The van der Waals surface area contributed by atoms with E-state index in [2.05, 4.69) is 4.36 Å². The van der Waals surface area contributed by atoms with Crippen LogP contribution in [0.5, 0.6) is 0 Å². The van der Waals surface area contributed by atoms with Gasteiger partial charge >= 0.3 is 0 Å². The number of rotatable bonds is 1. The number of nitrogens with zero attached hydrogens (tertiary/aromatic N) is 1. The topological polar surface area (TPSA) is 38.4 Å². The van der Waals surface area contributed by atoms with Gasteiger partial charge in [0.2, 0.25) is 0 Å². The number of hydrogen-bond donors (Lipinski definition) is 1. The Hall–Kier alpha value is -0.290. The van der Waals surface area contributed by atoms with Gasteiger partial charge in [-0.15, -0.1) is 0 Å². The van der Waals surface area contributed by atoms with E-state index in [-0.39, 0.29) is 0 Å². The van der Waals surface area contributed by atoms with Gasteiger partial charge in [-0.2, -0.15) is 0 Å². The summed E-state index contributed by atoms with van der Waals surface area (Å²) in [5, 5.41) is 6.48. The molecule has 1 aliphatic heterocycles. The Bertz CT molecular complexity index is 423. The maximum atomic E-state index is 5.81. The van der Waals surface area contributed by atoms with Gasteiger partial charge in [-0.1, -0.05) is 23.7 Å². The average molecular weight is 245 g/mol. The summed E-state index contributed by atoms with van der Waals surface area (Å²) in [7, 11) is 1.21. The third-order valence-corrected chi connectivity index (χ3v) is 4.56. The van der Waals surface area contributed by atoms with Gasteiger partial charge in [-0.3, -0.25) is 5.14 Å². The number of nitrogens with two attached hydrogens (primary N) is 1. The molecule has 5 heteroatoms. The smallest absolute Gasteiger partial charge is 0.0901 e. The molecule has 0 saturated heterocycles. The van der Waals surface area contributed by atoms with Gasteiger partial charge in [0, 0.05) is 25.4 Å². The lowest BCUT2D eigenvalue weighted by Gasteiger charge is -1.99. The molecule has 2 rings (SSSR count). The molecule has 14 heavy (non-hydrogen) atoms. The molecular weight excluding hydrogens is 236 g/mol. The highest BCUT2D eigenvalue weighted by molar-refractivity contribution is 8.71. The summed E-state index contributed by atoms with van der Waals surface area (Å²) in [4.78, 5) is 1.18. The van der Waals surface area contributed by atoms with Crippen molar-refractivity contribution in [3.63, 3.8) is 0 Å². The van der Waals surface area contributed by atoms with Gasteiger partial charge in [-0.05, 0) is 29.9 Å². The summed E-state index contributed by atoms with van der Waals surface area (Å²) in [6, 6.07) is 7.66. The van der Waals surface area contributed by atoms with Crippen LogP contribution in [0.25, 0.3) is 5.70 Å². The van der Waals surface area contributed by atoms with E-state index < -0.39 is 9.91 Å². The fourth-order valence-corrected chi connectivity index (χ4v) is 3.69. The third kappa shape index (κ3) is 2.03. The minimum absolute atomic E-state index is 0.404. The van der Waals surface area contributed by atoms with Crippen molar-refractivity contribution < 1.29 is 0 Å². The highest BCUT2D eigenvalue weighted by atomic mass is 35.5. The summed E-state index contributed by atoms with van der Waals surface area (Å²) in [5.41, 5.74) is 2.08. The van der Waals surface area contributed by atoms with Crippen molar-refractivity contribution >= 4 is 38.0 Å². The molecule has 1 heterocycles. The zero-order valence-corrected chi connectivity index (χ0v) is 9.92. The second kappa shape index (κ2) is 4.06. The summed E-state index contributed by atoms with van der Waals surface area (Å²) in [6.45, 7) is 2.04. The molecule has 0 bridgehead atoms. The first-order chi connectivity index (χ1) is 6.66. The average Bonchev–Trinajstić information content (AvgIpc) is 2.47. The number of hydrogen-bond acceptors (Lipinski definition) is 3. The molecule has 1 unspecified atom stereocenters. The lowest BCUT2D eigenvalue weighted by Crippen LogP contribution is -1.91. The van der Waals surface area contributed by atoms with Gasteiger partial charge in [0.1, 0.15) is 0 Å². The lowest BCUT2D eigenvalue weighted by atomic mass is 10.1. The molecule has 2 N–H and O–H groups in total. The van der Waals surface area contributed by atoms with Crippen LogP contribution in [0.1, 0.15) is 12.5 Å². The normalized spacial score (nSPS) is 21.2. The summed E-state index contributed by atoms with van der Waals surface area (Å²) >= 11 is 5.81. The maximum Gasteiger partial charge on any atom is 0.0901 e. The van der Waals surface area contributed by atoms with Gasteiger partial charge in [0.15, 0.2) is 0 Å². The Balaban J connectivity index is 2.41.